The van der Waals surface area contributed by atoms with Crippen LogP contribution in [0.1, 0.15) is 18.4 Å². The van der Waals surface area contributed by atoms with Gasteiger partial charge in [0.25, 0.3) is 0 Å². The molecule has 1 aromatic rings. The first-order valence-electron chi connectivity index (χ1n) is 7.20. The highest BCUT2D eigenvalue weighted by Gasteiger charge is 2.28. The highest BCUT2D eigenvalue weighted by atomic mass is 32.2. The van der Waals surface area contributed by atoms with Crippen LogP contribution in [0.4, 0.5) is 5.69 Å². The van der Waals surface area contributed by atoms with Crippen molar-refractivity contribution in [1.82, 2.24) is 4.90 Å². The second kappa shape index (κ2) is 5.55. The minimum Gasteiger partial charge on any atom is -0.370 e. The van der Waals surface area contributed by atoms with Crippen LogP contribution in [0.2, 0.25) is 0 Å². The minimum atomic E-state index is -3.11. The van der Waals surface area contributed by atoms with Crippen LogP contribution in [0.25, 0.3) is 0 Å². The van der Waals surface area contributed by atoms with E-state index in [-0.39, 0.29) is 5.75 Å². The molecule has 0 bridgehead atoms. The summed E-state index contributed by atoms with van der Waals surface area (Å²) in [5.74, 6) is 0.832. The Morgan fingerprint density at radius 3 is 2.38 bits per heavy atom. The predicted octanol–water partition coefficient (Wildman–Crippen LogP) is 0.747. The number of nitrogens with two attached hydrogens (primary N) is 1. The number of rotatable bonds is 3. The van der Waals surface area contributed by atoms with Gasteiger partial charge in [0, 0.05) is 19.6 Å². The van der Waals surface area contributed by atoms with E-state index in [0.29, 0.717) is 25.5 Å². The third-order valence-electron chi connectivity index (χ3n) is 3.93. The lowest BCUT2D eigenvalue weighted by Gasteiger charge is -2.31. The summed E-state index contributed by atoms with van der Waals surface area (Å²) in [5.41, 5.74) is 7.64. The van der Waals surface area contributed by atoms with Gasteiger partial charge in [0.2, 0.25) is 10.0 Å². The molecule has 114 valence electrons. The molecule has 1 aromatic carbocycles. The Kier molecular flexibility index (Phi) is 3.75. The maximum absolute atomic E-state index is 11.9. The molecule has 0 aromatic heterocycles. The molecule has 0 radical (unpaired) electrons. The summed E-state index contributed by atoms with van der Waals surface area (Å²) in [4.78, 5) is 6.41. The summed E-state index contributed by atoms with van der Waals surface area (Å²) in [6.07, 6.45) is 1.87. The summed E-state index contributed by atoms with van der Waals surface area (Å²) in [7, 11) is -3.11. The molecule has 2 aliphatic rings. The topological polar surface area (TPSA) is 79.0 Å². The Morgan fingerprint density at radius 2 is 1.86 bits per heavy atom. The lowest BCUT2D eigenvalue weighted by atomic mass is 10.2. The van der Waals surface area contributed by atoms with Crippen molar-refractivity contribution in [2.24, 2.45) is 10.7 Å². The van der Waals surface area contributed by atoms with Crippen LogP contribution in [-0.2, 0) is 16.6 Å². The zero-order valence-corrected chi connectivity index (χ0v) is 12.7. The molecule has 6 nitrogen and oxygen atoms in total. The monoisotopic (exact) mass is 308 g/mol. The van der Waals surface area contributed by atoms with Gasteiger partial charge < -0.3 is 10.6 Å². The largest absolute Gasteiger partial charge is 0.370 e. The van der Waals surface area contributed by atoms with Gasteiger partial charge in [-0.25, -0.2) is 13.4 Å². The second-order valence-corrected chi connectivity index (χ2v) is 7.44. The number of hydrogen-bond donors (Lipinski definition) is 1. The Balaban J connectivity index is 1.67. The third kappa shape index (κ3) is 2.97. The number of aliphatic imine (C=N–C) groups is 1. The van der Waals surface area contributed by atoms with Gasteiger partial charge in [-0.1, -0.05) is 12.1 Å². The van der Waals surface area contributed by atoms with Crippen molar-refractivity contribution in [2.75, 3.05) is 29.7 Å². The minimum absolute atomic E-state index is 0.241. The summed E-state index contributed by atoms with van der Waals surface area (Å²) < 4.78 is 25.2. The van der Waals surface area contributed by atoms with Crippen LogP contribution in [0.3, 0.4) is 0 Å². The summed E-state index contributed by atoms with van der Waals surface area (Å²) in [6.45, 7) is 3.07. The van der Waals surface area contributed by atoms with Crippen molar-refractivity contribution in [1.29, 1.82) is 0 Å². The van der Waals surface area contributed by atoms with Crippen LogP contribution in [0.15, 0.2) is 29.3 Å². The van der Waals surface area contributed by atoms with Crippen molar-refractivity contribution < 1.29 is 8.42 Å². The van der Waals surface area contributed by atoms with Gasteiger partial charge in [0.1, 0.15) is 0 Å². The Bertz CT molecular complexity index is 635. The van der Waals surface area contributed by atoms with Gasteiger partial charge in [0.05, 0.1) is 18.0 Å². The van der Waals surface area contributed by atoms with E-state index in [1.165, 1.54) is 10.7 Å². The Morgan fingerprint density at radius 1 is 1.14 bits per heavy atom. The Hall–Kier alpha value is -1.76. The molecule has 7 heteroatoms. The maximum Gasteiger partial charge on any atom is 0.235 e. The van der Waals surface area contributed by atoms with Crippen LogP contribution in [0, 0.1) is 0 Å². The molecule has 0 aliphatic carbocycles. The third-order valence-corrected chi connectivity index (χ3v) is 5.80. The number of likely N-dealkylation sites (tertiary alicyclic amines) is 1. The van der Waals surface area contributed by atoms with Crippen molar-refractivity contribution in [3.05, 3.63) is 29.8 Å². The molecule has 2 heterocycles. The standard InChI is InChI=1S/C14H20N4O2S/c15-14(17-7-1-8-17)16-11-12-3-5-13(6-4-12)18-9-2-10-21(18,19)20/h3-6H,1-2,7-11H2,(H2,15,16). The van der Waals surface area contributed by atoms with E-state index in [1.807, 2.05) is 29.2 Å². The van der Waals surface area contributed by atoms with Gasteiger partial charge in [-0.3, -0.25) is 4.31 Å². The summed E-state index contributed by atoms with van der Waals surface area (Å²) in [6, 6.07) is 7.51. The molecular formula is C14H20N4O2S. The highest BCUT2D eigenvalue weighted by Crippen LogP contribution is 2.24. The van der Waals surface area contributed by atoms with Crippen LogP contribution < -0.4 is 10.0 Å². The van der Waals surface area contributed by atoms with Gasteiger partial charge in [-0.05, 0) is 30.5 Å². The number of nitrogens with zero attached hydrogens (tertiary/aromatic N) is 3. The van der Waals surface area contributed by atoms with Crippen molar-refractivity contribution >= 4 is 21.7 Å². The molecular weight excluding hydrogens is 288 g/mol. The smallest absolute Gasteiger partial charge is 0.235 e. The fourth-order valence-corrected chi connectivity index (χ4v) is 4.08. The SMILES string of the molecule is NC(=NCc1ccc(N2CCCS2(=O)=O)cc1)N1CCC1. The highest BCUT2D eigenvalue weighted by molar-refractivity contribution is 7.93. The Labute approximate surface area is 125 Å². The molecule has 21 heavy (non-hydrogen) atoms. The van der Waals surface area contributed by atoms with Crippen molar-refractivity contribution in [3.63, 3.8) is 0 Å². The molecule has 2 fully saturated rings. The fraction of sp³-hybridized carbons (Fsp3) is 0.500. The first-order chi connectivity index (χ1) is 10.1. The number of hydrogen-bond acceptors (Lipinski definition) is 3. The predicted molar refractivity (Wildman–Crippen MR) is 83.7 cm³/mol. The van der Waals surface area contributed by atoms with Crippen molar-refractivity contribution in [2.45, 2.75) is 19.4 Å². The molecule has 2 N–H and O–H groups in total. The normalized spacial score (nSPS) is 21.4. The van der Waals surface area contributed by atoms with E-state index in [9.17, 15) is 8.42 Å². The average Bonchev–Trinajstić information content (AvgIpc) is 2.75. The molecule has 2 saturated heterocycles. The van der Waals surface area contributed by atoms with E-state index < -0.39 is 10.0 Å². The van der Waals surface area contributed by atoms with E-state index in [0.717, 1.165) is 24.3 Å². The van der Waals surface area contributed by atoms with Gasteiger partial charge in [0.15, 0.2) is 5.96 Å². The fourth-order valence-electron chi connectivity index (χ4n) is 2.51. The number of benzene rings is 1. The first-order valence-corrected chi connectivity index (χ1v) is 8.81. The maximum atomic E-state index is 11.9. The van der Waals surface area contributed by atoms with E-state index in [2.05, 4.69) is 4.99 Å². The quantitative estimate of drug-likeness (QED) is 0.660. The van der Waals surface area contributed by atoms with Crippen molar-refractivity contribution in [3.8, 4) is 0 Å². The first kappa shape index (κ1) is 14.2. The van der Waals surface area contributed by atoms with Crippen LogP contribution in [-0.4, -0.2) is 44.7 Å². The van der Waals surface area contributed by atoms with Gasteiger partial charge in [-0.15, -0.1) is 0 Å². The summed E-state index contributed by atoms with van der Waals surface area (Å²) >= 11 is 0. The molecule has 0 amide bonds. The average molecular weight is 308 g/mol. The lowest BCUT2D eigenvalue weighted by molar-refractivity contribution is 0.295. The molecule has 0 saturated carbocycles. The summed E-state index contributed by atoms with van der Waals surface area (Å²) in [5, 5.41) is 0. The molecule has 3 rings (SSSR count). The van der Waals surface area contributed by atoms with E-state index in [1.54, 1.807) is 0 Å². The molecule has 0 atom stereocenters. The second-order valence-electron chi connectivity index (χ2n) is 5.42. The number of guanidine groups is 1. The van der Waals surface area contributed by atoms with Gasteiger partial charge >= 0.3 is 0 Å². The van der Waals surface area contributed by atoms with Gasteiger partial charge in [-0.2, -0.15) is 0 Å². The molecule has 2 aliphatic heterocycles. The van der Waals surface area contributed by atoms with Crippen LogP contribution >= 0.6 is 0 Å². The zero-order valence-electron chi connectivity index (χ0n) is 11.9. The molecule has 0 unspecified atom stereocenters. The lowest BCUT2D eigenvalue weighted by Crippen LogP contribution is -2.46. The van der Waals surface area contributed by atoms with E-state index in [4.69, 9.17) is 5.73 Å². The molecule has 0 spiro atoms. The van der Waals surface area contributed by atoms with E-state index >= 15 is 0 Å². The number of sulfonamides is 1. The number of anilines is 1. The van der Waals surface area contributed by atoms with Crippen LogP contribution in [0.5, 0.6) is 0 Å². The zero-order chi connectivity index (χ0) is 14.9.